The van der Waals surface area contributed by atoms with Crippen molar-refractivity contribution in [1.29, 1.82) is 5.26 Å². The number of fused-ring (bicyclic) bond motifs is 8. The van der Waals surface area contributed by atoms with Gasteiger partial charge in [0.05, 0.1) is 0 Å². The second-order valence-corrected chi connectivity index (χ2v) is 12.2. The molecule has 0 saturated carbocycles. The molecule has 0 bridgehead atoms. The Kier molecular flexibility index (Phi) is 5.22. The number of anilines is 2. The number of furan rings is 2. The van der Waals surface area contributed by atoms with Crippen molar-refractivity contribution in [3.8, 4) is 6.07 Å². The maximum absolute atomic E-state index is 10.4. The van der Waals surface area contributed by atoms with Gasteiger partial charge < -0.3 is 18.6 Å². The Labute approximate surface area is 243 Å². The Balaban J connectivity index is 1.21. The van der Waals surface area contributed by atoms with Gasteiger partial charge in [0.25, 0.3) is 0 Å². The first-order valence-corrected chi connectivity index (χ1v) is 15.4. The number of piperidine rings is 2. The van der Waals surface area contributed by atoms with Gasteiger partial charge in [-0.2, -0.15) is 5.26 Å². The minimum Gasteiger partial charge on any atom is -0.456 e. The first-order valence-electron chi connectivity index (χ1n) is 15.4. The van der Waals surface area contributed by atoms with Gasteiger partial charge >= 0.3 is 0 Å². The van der Waals surface area contributed by atoms with Crippen molar-refractivity contribution in [2.75, 3.05) is 36.0 Å². The molecule has 0 atom stereocenters. The van der Waals surface area contributed by atoms with Gasteiger partial charge in [-0.3, -0.25) is 0 Å². The molecule has 2 aliphatic heterocycles. The summed E-state index contributed by atoms with van der Waals surface area (Å²) in [6.45, 7) is 4.47. The lowest BCUT2D eigenvalue weighted by Gasteiger charge is -2.29. The molecule has 2 saturated heterocycles. The van der Waals surface area contributed by atoms with E-state index in [1.54, 1.807) is 0 Å². The molecule has 5 nitrogen and oxygen atoms in total. The SMILES string of the molecule is N#Cc1c2oc3cc4cc(N5CCCCC5)ccc4cc3c2cc2oc3cc4cc(N5CCCCC5)ccc4cc3c12. The fourth-order valence-electron chi connectivity index (χ4n) is 7.43. The Bertz CT molecular complexity index is 2200. The van der Waals surface area contributed by atoms with Crippen LogP contribution in [0.25, 0.3) is 65.4 Å². The molecule has 4 heterocycles. The highest BCUT2D eigenvalue weighted by Crippen LogP contribution is 2.42. The van der Waals surface area contributed by atoms with Gasteiger partial charge in [-0.25, -0.2) is 0 Å². The Morgan fingerprint density at radius 3 is 1.69 bits per heavy atom. The molecule has 5 heteroatoms. The lowest BCUT2D eigenvalue weighted by molar-refractivity contribution is 0.578. The molecule has 2 fully saturated rings. The molecular formula is C37H31N3O2. The van der Waals surface area contributed by atoms with Crippen molar-refractivity contribution < 1.29 is 8.83 Å². The van der Waals surface area contributed by atoms with Crippen LogP contribution in [0.4, 0.5) is 11.4 Å². The van der Waals surface area contributed by atoms with Crippen molar-refractivity contribution in [2.24, 2.45) is 0 Å². The van der Waals surface area contributed by atoms with E-state index in [1.807, 2.05) is 0 Å². The second-order valence-electron chi connectivity index (χ2n) is 12.2. The molecular weight excluding hydrogens is 518 g/mol. The first kappa shape index (κ1) is 24.0. The van der Waals surface area contributed by atoms with Crippen LogP contribution in [-0.4, -0.2) is 26.2 Å². The maximum atomic E-state index is 10.4. The Morgan fingerprint density at radius 2 is 1.10 bits per heavy atom. The fourth-order valence-corrected chi connectivity index (χ4v) is 7.43. The lowest BCUT2D eigenvalue weighted by Crippen LogP contribution is -2.29. The molecule has 0 N–H and O–H groups in total. The zero-order valence-corrected chi connectivity index (χ0v) is 23.6. The summed E-state index contributed by atoms with van der Waals surface area (Å²) in [5.74, 6) is 0. The van der Waals surface area contributed by atoms with Crippen LogP contribution in [0.15, 0.2) is 75.6 Å². The zero-order chi connectivity index (χ0) is 27.8. The smallest absolute Gasteiger partial charge is 0.154 e. The molecule has 5 aromatic carbocycles. The van der Waals surface area contributed by atoms with Gasteiger partial charge in [0.15, 0.2) is 5.58 Å². The number of hydrogen-bond acceptors (Lipinski definition) is 5. The van der Waals surface area contributed by atoms with Gasteiger partial charge in [-0.15, -0.1) is 0 Å². The topological polar surface area (TPSA) is 56.6 Å². The van der Waals surface area contributed by atoms with E-state index >= 15 is 0 Å². The predicted octanol–water partition coefficient (Wildman–Crippen LogP) is 9.64. The summed E-state index contributed by atoms with van der Waals surface area (Å²) < 4.78 is 13.0. The van der Waals surface area contributed by atoms with Crippen LogP contribution in [0.2, 0.25) is 0 Å². The number of rotatable bonds is 2. The van der Waals surface area contributed by atoms with Gasteiger partial charge in [-0.05, 0) is 115 Å². The first-order chi connectivity index (χ1) is 20.7. The quantitative estimate of drug-likeness (QED) is 0.215. The number of nitriles is 1. The van der Waals surface area contributed by atoms with E-state index in [4.69, 9.17) is 8.83 Å². The van der Waals surface area contributed by atoms with Crippen molar-refractivity contribution in [1.82, 2.24) is 0 Å². The van der Waals surface area contributed by atoms with E-state index in [0.29, 0.717) is 11.1 Å². The molecule has 9 rings (SSSR count). The number of benzene rings is 5. The fraction of sp³-hybridized carbons (Fsp3) is 0.270. The van der Waals surface area contributed by atoms with Crippen LogP contribution in [0, 0.1) is 11.3 Å². The summed E-state index contributed by atoms with van der Waals surface area (Å²) >= 11 is 0. The standard InChI is InChI=1S/C37H31N3O2/c38-22-32-36-31-18-24-8-10-28(40-13-5-2-6-14-40)16-26(24)20-34(31)41-35(36)21-30-29-17-23-7-9-27(39-11-3-1-4-12-39)15-25(23)19-33(29)42-37(30)32/h7-10,15-21H,1-6,11-14H2. The molecule has 0 amide bonds. The summed E-state index contributed by atoms with van der Waals surface area (Å²) in [4.78, 5) is 4.97. The average molecular weight is 550 g/mol. The lowest BCUT2D eigenvalue weighted by atomic mass is 9.99. The zero-order valence-electron chi connectivity index (χ0n) is 23.6. The highest BCUT2D eigenvalue weighted by Gasteiger charge is 2.21. The molecule has 2 aromatic heterocycles. The van der Waals surface area contributed by atoms with E-state index in [2.05, 4.69) is 82.6 Å². The van der Waals surface area contributed by atoms with Gasteiger partial charge in [0.2, 0.25) is 0 Å². The van der Waals surface area contributed by atoms with Crippen molar-refractivity contribution >= 4 is 76.8 Å². The number of nitrogens with zero attached hydrogens (tertiary/aromatic N) is 3. The van der Waals surface area contributed by atoms with Gasteiger partial charge in [0.1, 0.15) is 28.4 Å². The van der Waals surface area contributed by atoms with E-state index in [9.17, 15) is 5.26 Å². The third kappa shape index (κ3) is 3.61. The van der Waals surface area contributed by atoms with Crippen LogP contribution < -0.4 is 9.80 Å². The van der Waals surface area contributed by atoms with Crippen molar-refractivity contribution in [3.63, 3.8) is 0 Å². The second kappa shape index (κ2) is 9.16. The highest BCUT2D eigenvalue weighted by atomic mass is 16.3. The Morgan fingerprint density at radius 1 is 0.524 bits per heavy atom. The summed E-state index contributed by atoms with van der Waals surface area (Å²) in [6.07, 6.45) is 7.65. The van der Waals surface area contributed by atoms with E-state index in [0.717, 1.165) is 80.6 Å². The molecule has 42 heavy (non-hydrogen) atoms. The van der Waals surface area contributed by atoms with Crippen LogP contribution in [0.3, 0.4) is 0 Å². The van der Waals surface area contributed by atoms with Crippen molar-refractivity contribution in [2.45, 2.75) is 38.5 Å². The van der Waals surface area contributed by atoms with Crippen LogP contribution in [-0.2, 0) is 0 Å². The maximum Gasteiger partial charge on any atom is 0.154 e. The third-order valence-corrected chi connectivity index (χ3v) is 9.63. The normalized spacial score (nSPS) is 16.5. The molecule has 7 aromatic rings. The predicted molar refractivity (Wildman–Crippen MR) is 173 cm³/mol. The third-order valence-electron chi connectivity index (χ3n) is 9.63. The van der Waals surface area contributed by atoms with Gasteiger partial charge in [-0.1, -0.05) is 12.1 Å². The van der Waals surface area contributed by atoms with Crippen molar-refractivity contribution in [3.05, 3.63) is 72.3 Å². The molecule has 0 unspecified atom stereocenters. The van der Waals surface area contributed by atoms with E-state index in [-0.39, 0.29) is 0 Å². The van der Waals surface area contributed by atoms with Crippen LogP contribution in [0.1, 0.15) is 44.1 Å². The molecule has 206 valence electrons. The number of hydrogen-bond donors (Lipinski definition) is 0. The van der Waals surface area contributed by atoms with Gasteiger partial charge in [0, 0.05) is 59.1 Å². The molecule has 0 aliphatic carbocycles. The minimum absolute atomic E-state index is 0.541. The molecule has 2 aliphatic rings. The summed E-state index contributed by atoms with van der Waals surface area (Å²) in [5.41, 5.74) is 6.05. The van der Waals surface area contributed by atoms with Crippen LogP contribution in [0.5, 0.6) is 0 Å². The van der Waals surface area contributed by atoms with E-state index < -0.39 is 0 Å². The minimum atomic E-state index is 0.541. The highest BCUT2D eigenvalue weighted by molar-refractivity contribution is 6.21. The summed E-state index contributed by atoms with van der Waals surface area (Å²) in [5, 5.41) is 18.8. The van der Waals surface area contributed by atoms with Crippen LogP contribution >= 0.6 is 0 Å². The summed E-state index contributed by atoms with van der Waals surface area (Å²) in [6, 6.07) is 26.6. The molecule has 0 radical (unpaired) electrons. The largest absolute Gasteiger partial charge is 0.456 e. The summed E-state index contributed by atoms with van der Waals surface area (Å²) in [7, 11) is 0. The average Bonchev–Trinajstić information content (AvgIpc) is 3.58. The Hall–Kier alpha value is -4.69. The molecule has 0 spiro atoms. The monoisotopic (exact) mass is 549 g/mol. The van der Waals surface area contributed by atoms with E-state index in [1.165, 1.54) is 55.3 Å².